The van der Waals surface area contributed by atoms with E-state index in [-0.39, 0.29) is 18.2 Å². The van der Waals surface area contributed by atoms with Gasteiger partial charge < -0.3 is 4.42 Å². The number of nitrogens with one attached hydrogen (secondary N) is 2. The third kappa shape index (κ3) is 3.54. The van der Waals surface area contributed by atoms with Crippen molar-refractivity contribution in [2.45, 2.75) is 19.4 Å². The van der Waals surface area contributed by atoms with Gasteiger partial charge in [0.2, 0.25) is 5.91 Å². The van der Waals surface area contributed by atoms with Crippen LogP contribution in [0.4, 0.5) is 0 Å². The minimum atomic E-state index is -0.442. The van der Waals surface area contributed by atoms with Crippen molar-refractivity contribution in [3.05, 3.63) is 57.2 Å². The van der Waals surface area contributed by atoms with Crippen LogP contribution < -0.4 is 16.6 Å². The summed E-state index contributed by atoms with van der Waals surface area (Å²) in [5.74, 6) is -1.11. The summed E-state index contributed by atoms with van der Waals surface area (Å²) in [6, 6.07) is 10.6. The van der Waals surface area contributed by atoms with Gasteiger partial charge in [0.1, 0.15) is 0 Å². The Kier molecular flexibility index (Phi) is 4.76. The predicted octanol–water partition coefficient (Wildman–Crippen LogP) is 1.90. The number of thiophene rings is 1. The van der Waals surface area contributed by atoms with Crippen LogP contribution in [0.15, 0.2) is 51.0 Å². The number of hydrazine groups is 1. The van der Waals surface area contributed by atoms with Crippen LogP contribution in [0.1, 0.15) is 22.5 Å². The second-order valence-electron chi connectivity index (χ2n) is 5.07. The average Bonchev–Trinajstić information content (AvgIpc) is 3.21. The van der Waals surface area contributed by atoms with Gasteiger partial charge in [-0.15, -0.1) is 11.3 Å². The number of carbonyl (C=O) groups excluding carboxylic acids is 2. The Hall–Kier alpha value is -2.87. The van der Waals surface area contributed by atoms with Gasteiger partial charge >= 0.3 is 5.76 Å². The number of hydrogen-bond acceptors (Lipinski definition) is 5. The summed E-state index contributed by atoms with van der Waals surface area (Å²) in [6.45, 7) is 0.363. The van der Waals surface area contributed by atoms with E-state index in [1.807, 2.05) is 6.07 Å². The van der Waals surface area contributed by atoms with Gasteiger partial charge in [-0.05, 0) is 30.0 Å². The zero-order valence-corrected chi connectivity index (χ0v) is 13.5. The Morgan fingerprint density at radius 3 is 2.75 bits per heavy atom. The number of aromatic nitrogens is 1. The summed E-state index contributed by atoms with van der Waals surface area (Å²) in [5, 5.41) is 1.78. The van der Waals surface area contributed by atoms with E-state index in [9.17, 15) is 14.4 Å². The molecule has 0 aliphatic rings. The zero-order chi connectivity index (χ0) is 16.9. The number of fused-ring (bicyclic) bond motifs is 1. The standard InChI is InChI=1S/C16H15N3O4S/c20-14(17-18-15(21)13-7-4-10-24-13)8-3-9-19-11-5-1-2-6-12(11)23-16(19)22/h1-2,4-7,10H,3,8-9H2,(H,17,20)(H,18,21). The molecule has 0 aliphatic heterocycles. The smallest absolute Gasteiger partial charge is 0.408 e. The topological polar surface area (TPSA) is 93.3 Å². The van der Waals surface area contributed by atoms with Crippen molar-refractivity contribution >= 4 is 34.3 Å². The van der Waals surface area contributed by atoms with Gasteiger partial charge in [-0.1, -0.05) is 18.2 Å². The van der Waals surface area contributed by atoms with E-state index in [4.69, 9.17) is 4.42 Å². The molecule has 2 amide bonds. The summed E-state index contributed by atoms with van der Waals surface area (Å²) in [7, 11) is 0. The Balaban J connectivity index is 1.49. The molecule has 24 heavy (non-hydrogen) atoms. The molecule has 3 aromatic rings. The molecule has 8 heteroatoms. The van der Waals surface area contributed by atoms with Crippen LogP contribution in [0.2, 0.25) is 0 Å². The Labute approximate surface area is 140 Å². The quantitative estimate of drug-likeness (QED) is 0.691. The number of hydrogen-bond donors (Lipinski definition) is 2. The molecule has 0 fully saturated rings. The molecule has 3 rings (SSSR count). The SMILES string of the molecule is O=C(CCCn1c(=O)oc2ccccc21)NNC(=O)c1cccs1. The fourth-order valence-corrected chi connectivity index (χ4v) is 2.90. The van der Waals surface area contributed by atoms with Crippen molar-refractivity contribution in [1.82, 2.24) is 15.4 Å². The van der Waals surface area contributed by atoms with Crippen LogP contribution in [0.25, 0.3) is 11.1 Å². The molecule has 7 nitrogen and oxygen atoms in total. The number of para-hydroxylation sites is 2. The van der Waals surface area contributed by atoms with E-state index in [1.54, 1.807) is 35.7 Å². The third-order valence-electron chi connectivity index (χ3n) is 3.42. The lowest BCUT2D eigenvalue weighted by Gasteiger charge is -2.06. The maximum atomic E-state index is 11.8. The van der Waals surface area contributed by atoms with E-state index in [0.29, 0.717) is 28.9 Å². The van der Waals surface area contributed by atoms with E-state index < -0.39 is 5.76 Å². The van der Waals surface area contributed by atoms with Crippen molar-refractivity contribution in [1.29, 1.82) is 0 Å². The molecular weight excluding hydrogens is 330 g/mol. The summed E-state index contributed by atoms with van der Waals surface area (Å²) < 4.78 is 6.62. The Bertz CT molecular complexity index is 911. The number of amides is 2. The minimum Gasteiger partial charge on any atom is -0.408 e. The summed E-state index contributed by atoms with van der Waals surface area (Å²) in [4.78, 5) is 35.8. The normalized spacial score (nSPS) is 10.7. The minimum absolute atomic E-state index is 0.177. The summed E-state index contributed by atoms with van der Waals surface area (Å²) >= 11 is 1.29. The van der Waals surface area contributed by atoms with Crippen molar-refractivity contribution in [2.75, 3.05) is 0 Å². The molecule has 1 aromatic carbocycles. The molecular formula is C16H15N3O4S. The van der Waals surface area contributed by atoms with Crippen LogP contribution in [-0.2, 0) is 11.3 Å². The maximum absolute atomic E-state index is 11.8. The van der Waals surface area contributed by atoms with Crippen molar-refractivity contribution in [3.8, 4) is 0 Å². The molecule has 2 heterocycles. The van der Waals surface area contributed by atoms with E-state index in [1.165, 1.54) is 15.9 Å². The Morgan fingerprint density at radius 1 is 1.12 bits per heavy atom. The highest BCUT2D eigenvalue weighted by Crippen LogP contribution is 2.12. The lowest BCUT2D eigenvalue weighted by molar-refractivity contribution is -0.122. The largest absolute Gasteiger partial charge is 0.419 e. The lowest BCUT2D eigenvalue weighted by atomic mass is 10.3. The first kappa shape index (κ1) is 16.0. The van der Waals surface area contributed by atoms with Gasteiger partial charge in [-0.2, -0.15) is 0 Å². The van der Waals surface area contributed by atoms with Gasteiger partial charge in [0.15, 0.2) is 5.58 Å². The predicted molar refractivity (Wildman–Crippen MR) is 89.6 cm³/mol. The third-order valence-corrected chi connectivity index (χ3v) is 4.29. The number of carbonyl (C=O) groups is 2. The molecule has 0 saturated heterocycles. The molecule has 2 N–H and O–H groups in total. The lowest BCUT2D eigenvalue weighted by Crippen LogP contribution is -2.41. The summed E-state index contributed by atoms with van der Waals surface area (Å²) in [6.07, 6.45) is 0.626. The molecule has 0 spiro atoms. The molecule has 0 radical (unpaired) electrons. The molecule has 0 saturated carbocycles. The Morgan fingerprint density at radius 2 is 1.96 bits per heavy atom. The van der Waals surface area contributed by atoms with Crippen molar-refractivity contribution in [3.63, 3.8) is 0 Å². The second kappa shape index (κ2) is 7.14. The number of benzene rings is 1. The number of nitrogens with zero attached hydrogens (tertiary/aromatic N) is 1. The van der Waals surface area contributed by atoms with Crippen LogP contribution >= 0.6 is 11.3 Å². The molecule has 0 atom stereocenters. The van der Waals surface area contributed by atoms with Crippen LogP contribution in [0, 0.1) is 0 Å². The molecule has 2 aromatic heterocycles. The monoisotopic (exact) mass is 345 g/mol. The van der Waals surface area contributed by atoms with Gasteiger partial charge in [0.05, 0.1) is 10.4 Å². The summed E-state index contributed by atoms with van der Waals surface area (Å²) in [5.41, 5.74) is 5.94. The number of aryl methyl sites for hydroxylation is 1. The number of oxazole rings is 1. The van der Waals surface area contributed by atoms with Crippen LogP contribution in [-0.4, -0.2) is 16.4 Å². The molecule has 124 valence electrons. The van der Waals surface area contributed by atoms with Crippen LogP contribution in [0.5, 0.6) is 0 Å². The van der Waals surface area contributed by atoms with Crippen LogP contribution in [0.3, 0.4) is 0 Å². The van der Waals surface area contributed by atoms with Crippen molar-refractivity contribution < 1.29 is 14.0 Å². The van der Waals surface area contributed by atoms with E-state index in [0.717, 1.165) is 0 Å². The first-order chi connectivity index (χ1) is 11.6. The van der Waals surface area contributed by atoms with Gasteiger partial charge in [-0.25, -0.2) is 4.79 Å². The molecule has 0 unspecified atom stereocenters. The number of rotatable bonds is 5. The van der Waals surface area contributed by atoms with Gasteiger partial charge in [0.25, 0.3) is 5.91 Å². The first-order valence-corrected chi connectivity index (χ1v) is 8.24. The van der Waals surface area contributed by atoms with E-state index >= 15 is 0 Å². The van der Waals surface area contributed by atoms with Gasteiger partial charge in [0, 0.05) is 13.0 Å². The zero-order valence-electron chi connectivity index (χ0n) is 12.7. The fraction of sp³-hybridized carbons (Fsp3) is 0.188. The van der Waals surface area contributed by atoms with Crippen molar-refractivity contribution in [2.24, 2.45) is 0 Å². The maximum Gasteiger partial charge on any atom is 0.419 e. The molecule has 0 bridgehead atoms. The highest BCUT2D eigenvalue weighted by Gasteiger charge is 2.10. The van der Waals surface area contributed by atoms with Gasteiger partial charge in [-0.3, -0.25) is 25.0 Å². The molecule has 0 aliphatic carbocycles. The second-order valence-corrected chi connectivity index (χ2v) is 6.02. The van der Waals surface area contributed by atoms with E-state index in [2.05, 4.69) is 10.9 Å². The average molecular weight is 345 g/mol. The highest BCUT2D eigenvalue weighted by molar-refractivity contribution is 7.12. The first-order valence-electron chi connectivity index (χ1n) is 7.36. The fourth-order valence-electron chi connectivity index (χ4n) is 2.28. The highest BCUT2D eigenvalue weighted by atomic mass is 32.1.